The lowest BCUT2D eigenvalue weighted by Gasteiger charge is -2.23. The van der Waals surface area contributed by atoms with E-state index in [0.29, 0.717) is 12.6 Å². The lowest BCUT2D eigenvalue weighted by Crippen LogP contribution is -2.36. The molecule has 1 saturated carbocycles. The van der Waals surface area contributed by atoms with E-state index in [4.69, 9.17) is 10.5 Å². The van der Waals surface area contributed by atoms with Crippen molar-refractivity contribution < 1.29 is 9.53 Å². The minimum Gasteiger partial charge on any atom is -0.399 e. The number of hydrogen-bond acceptors (Lipinski definition) is 3. The van der Waals surface area contributed by atoms with Crippen LogP contribution < -0.4 is 5.73 Å². The van der Waals surface area contributed by atoms with Gasteiger partial charge in [-0.3, -0.25) is 4.79 Å². The average molecular weight is 262 g/mol. The van der Waals surface area contributed by atoms with Gasteiger partial charge >= 0.3 is 0 Å². The highest BCUT2D eigenvalue weighted by Crippen LogP contribution is 2.28. The second-order valence-electron chi connectivity index (χ2n) is 5.35. The summed E-state index contributed by atoms with van der Waals surface area (Å²) in [6, 6.07) is 8.08. The normalized spacial score (nSPS) is 14.7. The summed E-state index contributed by atoms with van der Waals surface area (Å²) in [4.78, 5) is 14.1. The van der Waals surface area contributed by atoms with Gasteiger partial charge in [0.25, 0.3) is 0 Å². The molecule has 0 heterocycles. The van der Waals surface area contributed by atoms with E-state index in [-0.39, 0.29) is 18.6 Å². The van der Waals surface area contributed by atoms with Gasteiger partial charge < -0.3 is 15.4 Å². The fourth-order valence-electron chi connectivity index (χ4n) is 1.95. The summed E-state index contributed by atoms with van der Waals surface area (Å²) in [7, 11) is 0. The van der Waals surface area contributed by atoms with E-state index in [1.807, 2.05) is 43.0 Å². The first kappa shape index (κ1) is 13.9. The van der Waals surface area contributed by atoms with Crippen LogP contribution in [0.1, 0.15) is 32.3 Å². The Kier molecular flexibility index (Phi) is 4.43. The lowest BCUT2D eigenvalue weighted by molar-refractivity contribution is -0.138. The smallest absolute Gasteiger partial charge is 0.249 e. The van der Waals surface area contributed by atoms with E-state index in [2.05, 4.69) is 0 Å². The molecule has 0 spiro atoms. The molecule has 1 aromatic rings. The van der Waals surface area contributed by atoms with Crippen molar-refractivity contribution in [1.82, 2.24) is 4.90 Å². The molecule has 2 rings (SSSR count). The van der Waals surface area contributed by atoms with Crippen molar-refractivity contribution in [3.63, 3.8) is 0 Å². The van der Waals surface area contributed by atoms with Gasteiger partial charge in [0.1, 0.15) is 6.61 Å². The van der Waals surface area contributed by atoms with Crippen molar-refractivity contribution in [2.24, 2.45) is 0 Å². The molecular weight excluding hydrogens is 240 g/mol. The van der Waals surface area contributed by atoms with Gasteiger partial charge in [-0.2, -0.15) is 0 Å². The van der Waals surface area contributed by atoms with Gasteiger partial charge in [-0.05, 0) is 44.4 Å². The highest BCUT2D eigenvalue weighted by molar-refractivity contribution is 5.78. The Morgan fingerprint density at radius 1 is 1.37 bits per heavy atom. The van der Waals surface area contributed by atoms with Crippen LogP contribution in [0.25, 0.3) is 0 Å². The van der Waals surface area contributed by atoms with Crippen molar-refractivity contribution in [3.05, 3.63) is 29.8 Å². The zero-order valence-corrected chi connectivity index (χ0v) is 11.6. The molecule has 104 valence electrons. The van der Waals surface area contributed by atoms with E-state index < -0.39 is 0 Å². The van der Waals surface area contributed by atoms with Gasteiger partial charge in [-0.25, -0.2) is 0 Å². The molecule has 0 atom stereocenters. The molecule has 0 saturated heterocycles. The van der Waals surface area contributed by atoms with E-state index in [0.717, 1.165) is 24.1 Å². The Morgan fingerprint density at radius 3 is 2.53 bits per heavy atom. The molecule has 1 amide bonds. The molecule has 0 radical (unpaired) electrons. The van der Waals surface area contributed by atoms with Crippen LogP contribution in [0.4, 0.5) is 5.69 Å². The fraction of sp³-hybridized carbons (Fsp3) is 0.533. The van der Waals surface area contributed by atoms with Gasteiger partial charge in [0.15, 0.2) is 0 Å². The molecule has 0 bridgehead atoms. The maximum atomic E-state index is 12.2. The number of nitrogens with two attached hydrogens (primary N) is 1. The molecule has 2 N–H and O–H groups in total. The van der Waals surface area contributed by atoms with Crippen LogP contribution in [0.15, 0.2) is 24.3 Å². The molecule has 19 heavy (non-hydrogen) atoms. The average Bonchev–Trinajstić information content (AvgIpc) is 3.19. The first-order chi connectivity index (χ1) is 9.06. The first-order valence-electron chi connectivity index (χ1n) is 6.81. The van der Waals surface area contributed by atoms with Gasteiger partial charge in [0, 0.05) is 18.3 Å². The maximum Gasteiger partial charge on any atom is 0.249 e. The van der Waals surface area contributed by atoms with E-state index in [9.17, 15) is 4.79 Å². The van der Waals surface area contributed by atoms with Crippen LogP contribution >= 0.6 is 0 Å². The number of ether oxygens (including phenoxy) is 1. The summed E-state index contributed by atoms with van der Waals surface area (Å²) in [6.07, 6.45) is 2.28. The maximum absolute atomic E-state index is 12.2. The largest absolute Gasteiger partial charge is 0.399 e. The third-order valence-electron chi connectivity index (χ3n) is 3.18. The molecule has 1 aliphatic carbocycles. The van der Waals surface area contributed by atoms with Gasteiger partial charge in [-0.1, -0.05) is 12.1 Å². The van der Waals surface area contributed by atoms with Crippen LogP contribution in [-0.4, -0.2) is 29.6 Å². The predicted molar refractivity (Wildman–Crippen MR) is 75.5 cm³/mol. The highest BCUT2D eigenvalue weighted by atomic mass is 16.5. The quantitative estimate of drug-likeness (QED) is 0.799. The van der Waals surface area contributed by atoms with E-state index in [1.54, 1.807) is 0 Å². The number of rotatable bonds is 6. The number of anilines is 1. The van der Waals surface area contributed by atoms with Crippen LogP contribution in [0.2, 0.25) is 0 Å². The summed E-state index contributed by atoms with van der Waals surface area (Å²) < 4.78 is 5.41. The number of nitrogens with zero attached hydrogens (tertiary/aromatic N) is 1. The molecule has 4 nitrogen and oxygen atoms in total. The summed E-state index contributed by atoms with van der Waals surface area (Å²) in [6.45, 7) is 4.69. The zero-order chi connectivity index (χ0) is 13.8. The second-order valence-corrected chi connectivity index (χ2v) is 5.35. The first-order valence-corrected chi connectivity index (χ1v) is 6.81. The molecule has 4 heteroatoms. The summed E-state index contributed by atoms with van der Waals surface area (Å²) >= 11 is 0. The molecule has 0 aromatic heterocycles. The topological polar surface area (TPSA) is 55.6 Å². The van der Waals surface area contributed by atoms with Crippen molar-refractivity contribution in [1.29, 1.82) is 0 Å². The number of nitrogen functional groups attached to an aromatic ring is 1. The Labute approximate surface area is 114 Å². The molecule has 1 fully saturated rings. The third-order valence-corrected chi connectivity index (χ3v) is 3.18. The summed E-state index contributed by atoms with van der Waals surface area (Å²) in [5, 5.41) is 0. The molecule has 1 aromatic carbocycles. The van der Waals surface area contributed by atoms with Crippen molar-refractivity contribution in [2.75, 3.05) is 12.3 Å². The summed E-state index contributed by atoms with van der Waals surface area (Å²) in [5.41, 5.74) is 7.53. The second kappa shape index (κ2) is 6.06. The Morgan fingerprint density at radius 2 is 2.00 bits per heavy atom. The predicted octanol–water partition coefficient (Wildman–Crippen LogP) is 2.18. The fourth-order valence-corrected chi connectivity index (χ4v) is 1.95. The minimum absolute atomic E-state index is 0.0769. The van der Waals surface area contributed by atoms with Gasteiger partial charge in [-0.15, -0.1) is 0 Å². The van der Waals surface area contributed by atoms with Gasteiger partial charge in [0.2, 0.25) is 5.91 Å². The van der Waals surface area contributed by atoms with Crippen molar-refractivity contribution in [3.8, 4) is 0 Å². The van der Waals surface area contributed by atoms with Crippen LogP contribution in [0, 0.1) is 0 Å². The molecular formula is C15H22N2O2. The lowest BCUT2D eigenvalue weighted by atomic mass is 10.2. The third kappa shape index (κ3) is 4.24. The Balaban J connectivity index is 1.96. The van der Waals surface area contributed by atoms with Gasteiger partial charge in [0.05, 0.1) is 6.10 Å². The Hall–Kier alpha value is -1.55. The van der Waals surface area contributed by atoms with E-state index in [1.165, 1.54) is 0 Å². The summed E-state index contributed by atoms with van der Waals surface area (Å²) in [5.74, 6) is 0.0769. The van der Waals surface area contributed by atoms with Crippen LogP contribution in [-0.2, 0) is 16.1 Å². The molecule has 0 aliphatic heterocycles. The van der Waals surface area contributed by atoms with Crippen molar-refractivity contribution in [2.45, 2.75) is 45.4 Å². The molecule has 1 aliphatic rings. The van der Waals surface area contributed by atoms with Crippen molar-refractivity contribution >= 4 is 11.6 Å². The molecule has 0 unspecified atom stereocenters. The number of hydrogen-bond donors (Lipinski definition) is 1. The van der Waals surface area contributed by atoms with Crippen LogP contribution in [0.3, 0.4) is 0 Å². The SMILES string of the molecule is CC(C)OCC(=O)N(Cc1ccc(N)cc1)C1CC1. The monoisotopic (exact) mass is 262 g/mol. The Bertz CT molecular complexity index is 424. The van der Waals surface area contributed by atoms with E-state index >= 15 is 0 Å². The zero-order valence-electron chi connectivity index (χ0n) is 11.6. The number of benzene rings is 1. The van der Waals surface area contributed by atoms with Crippen LogP contribution in [0.5, 0.6) is 0 Å². The number of carbonyl (C=O) groups excluding carboxylic acids is 1. The highest BCUT2D eigenvalue weighted by Gasteiger charge is 2.32. The standard InChI is InChI=1S/C15H22N2O2/c1-11(2)19-10-15(18)17(14-7-8-14)9-12-3-5-13(16)6-4-12/h3-6,11,14H,7-10,16H2,1-2H3. The number of carbonyl (C=O) groups is 1. The minimum atomic E-state index is 0.0769. The number of amides is 1.